The molecule has 5 rings (SSSR count). The lowest BCUT2D eigenvalue weighted by molar-refractivity contribution is -0.118. The van der Waals surface area contributed by atoms with Gasteiger partial charge in [-0.3, -0.25) is 14.5 Å². The van der Waals surface area contributed by atoms with E-state index in [1.165, 1.54) is 0 Å². The van der Waals surface area contributed by atoms with Crippen LogP contribution in [0.4, 0.5) is 5.82 Å². The number of aromatic amines is 1. The summed E-state index contributed by atoms with van der Waals surface area (Å²) in [6.45, 7) is 2.28. The summed E-state index contributed by atoms with van der Waals surface area (Å²) in [4.78, 5) is 38.7. The van der Waals surface area contributed by atoms with Crippen molar-refractivity contribution in [2.24, 2.45) is 0 Å². The maximum atomic E-state index is 12.6. The molecule has 0 atom stereocenters. The fourth-order valence-electron chi connectivity index (χ4n) is 4.12. The highest BCUT2D eigenvalue weighted by molar-refractivity contribution is 5.92. The first-order valence-electron chi connectivity index (χ1n) is 11.5. The molecule has 2 aromatic carbocycles. The minimum Gasteiger partial charge on any atom is -0.328 e. The second-order valence-electron chi connectivity index (χ2n) is 8.21. The molecule has 3 aromatic heterocycles. The highest BCUT2D eigenvalue weighted by Crippen LogP contribution is 2.33. The number of amides is 1. The van der Waals surface area contributed by atoms with E-state index in [9.17, 15) is 9.59 Å². The van der Waals surface area contributed by atoms with E-state index in [4.69, 9.17) is 4.98 Å². The summed E-state index contributed by atoms with van der Waals surface area (Å²) in [5, 5.41) is 0.552. The van der Waals surface area contributed by atoms with Gasteiger partial charge in [-0.15, -0.1) is 0 Å². The Morgan fingerprint density at radius 1 is 0.914 bits per heavy atom. The Balaban J connectivity index is 1.55. The van der Waals surface area contributed by atoms with E-state index in [1.807, 2.05) is 91.9 Å². The number of hydrogen-bond donors (Lipinski definition) is 1. The van der Waals surface area contributed by atoms with Crippen LogP contribution in [-0.4, -0.2) is 20.9 Å². The normalized spacial score (nSPS) is 10.9. The van der Waals surface area contributed by atoms with Gasteiger partial charge in [0.05, 0.1) is 23.1 Å². The second kappa shape index (κ2) is 9.73. The summed E-state index contributed by atoms with van der Waals surface area (Å²) in [7, 11) is 0. The smallest absolute Gasteiger partial charge is 0.257 e. The molecule has 1 N–H and O–H groups in total. The Labute approximate surface area is 202 Å². The van der Waals surface area contributed by atoms with Crippen LogP contribution in [0, 0.1) is 0 Å². The topological polar surface area (TPSA) is 79.0 Å². The van der Waals surface area contributed by atoms with Crippen molar-refractivity contribution in [2.45, 2.75) is 19.9 Å². The molecule has 6 heteroatoms. The Kier molecular flexibility index (Phi) is 6.18. The molecule has 5 aromatic rings. The molecule has 6 nitrogen and oxygen atoms in total. The third-order valence-electron chi connectivity index (χ3n) is 5.93. The largest absolute Gasteiger partial charge is 0.328 e. The van der Waals surface area contributed by atoms with Crippen molar-refractivity contribution in [3.8, 4) is 22.4 Å². The van der Waals surface area contributed by atoms with E-state index in [2.05, 4.69) is 9.97 Å². The van der Waals surface area contributed by atoms with Crippen LogP contribution in [0.15, 0.2) is 102 Å². The molecule has 0 unspecified atom stereocenters. The van der Waals surface area contributed by atoms with E-state index >= 15 is 0 Å². The average molecular weight is 461 g/mol. The second-order valence-corrected chi connectivity index (χ2v) is 8.21. The van der Waals surface area contributed by atoms with Gasteiger partial charge in [-0.1, -0.05) is 67.6 Å². The van der Waals surface area contributed by atoms with Crippen molar-refractivity contribution in [1.29, 1.82) is 0 Å². The molecule has 0 aliphatic heterocycles. The third-order valence-corrected chi connectivity index (χ3v) is 5.93. The number of nitrogens with zero attached hydrogens (tertiary/aromatic N) is 3. The first-order chi connectivity index (χ1) is 17.1. The number of H-pyrrole nitrogens is 1. The molecule has 0 spiro atoms. The monoisotopic (exact) mass is 460 g/mol. The number of hydrogen-bond acceptors (Lipinski definition) is 4. The third kappa shape index (κ3) is 4.59. The Morgan fingerprint density at radius 2 is 1.69 bits per heavy atom. The lowest BCUT2D eigenvalue weighted by Gasteiger charge is -2.21. The first-order valence-corrected chi connectivity index (χ1v) is 11.5. The van der Waals surface area contributed by atoms with Gasteiger partial charge in [0, 0.05) is 29.9 Å². The number of pyridine rings is 3. The molecular formula is C29H24N4O2. The highest BCUT2D eigenvalue weighted by atomic mass is 16.2. The molecule has 1 amide bonds. The highest BCUT2D eigenvalue weighted by Gasteiger charge is 2.17. The van der Waals surface area contributed by atoms with Crippen molar-refractivity contribution in [3.63, 3.8) is 0 Å². The van der Waals surface area contributed by atoms with Gasteiger partial charge in [-0.05, 0) is 35.4 Å². The van der Waals surface area contributed by atoms with E-state index < -0.39 is 0 Å². The van der Waals surface area contributed by atoms with Crippen LogP contribution in [0.5, 0.6) is 0 Å². The Morgan fingerprint density at radius 3 is 2.40 bits per heavy atom. The summed E-state index contributed by atoms with van der Waals surface area (Å²) in [5.41, 5.74) is 5.07. The van der Waals surface area contributed by atoms with E-state index in [1.54, 1.807) is 17.3 Å². The standard InChI is InChI=1S/C29H24N4O2/c1-2-27(34)33(26-10-6-7-16-30-26)19-20-11-13-22(14-12-20)28-23(21-8-4-3-5-9-21)18-24-25(32-28)15-17-31-29(24)35/h3-18H,2,19H2,1H3,(H,31,35). The SMILES string of the molecule is CCC(=O)N(Cc1ccc(-c2nc3cc[nH]c(=O)c3cc2-c2ccccc2)cc1)c1ccccn1. The van der Waals surface area contributed by atoms with Crippen LogP contribution in [0.1, 0.15) is 18.9 Å². The fourth-order valence-corrected chi connectivity index (χ4v) is 4.12. The Hall–Kier alpha value is -4.58. The molecule has 3 heterocycles. The molecule has 0 aliphatic carbocycles. The van der Waals surface area contributed by atoms with Gasteiger partial charge in [0.25, 0.3) is 5.56 Å². The summed E-state index contributed by atoms with van der Waals surface area (Å²) in [6.07, 6.45) is 3.70. The zero-order valence-electron chi connectivity index (χ0n) is 19.3. The van der Waals surface area contributed by atoms with Gasteiger partial charge in [-0.2, -0.15) is 0 Å². The minimum atomic E-state index is -0.163. The van der Waals surface area contributed by atoms with Crippen LogP contribution in [-0.2, 0) is 11.3 Å². The van der Waals surface area contributed by atoms with Crippen LogP contribution in [0.25, 0.3) is 33.3 Å². The van der Waals surface area contributed by atoms with Crippen molar-refractivity contribution in [2.75, 3.05) is 4.90 Å². The molecule has 0 saturated carbocycles. The average Bonchev–Trinajstić information content (AvgIpc) is 2.92. The maximum Gasteiger partial charge on any atom is 0.257 e. The molecule has 172 valence electrons. The number of rotatable bonds is 6. The lowest BCUT2D eigenvalue weighted by Crippen LogP contribution is -2.30. The molecule has 0 saturated heterocycles. The molecule has 0 radical (unpaired) electrons. The summed E-state index contributed by atoms with van der Waals surface area (Å²) in [5.74, 6) is 0.650. The molecule has 35 heavy (non-hydrogen) atoms. The minimum absolute atomic E-state index is 0.0144. The zero-order chi connectivity index (χ0) is 24.2. The van der Waals surface area contributed by atoms with E-state index in [-0.39, 0.29) is 11.5 Å². The predicted molar refractivity (Wildman–Crippen MR) is 139 cm³/mol. The number of aromatic nitrogens is 3. The number of anilines is 1. The first kappa shape index (κ1) is 22.2. The number of nitrogens with one attached hydrogen (secondary N) is 1. The van der Waals surface area contributed by atoms with Gasteiger partial charge in [0.2, 0.25) is 5.91 Å². The maximum absolute atomic E-state index is 12.6. The summed E-state index contributed by atoms with van der Waals surface area (Å²) < 4.78 is 0. The molecule has 0 fully saturated rings. The number of benzene rings is 2. The van der Waals surface area contributed by atoms with Gasteiger partial charge in [0.1, 0.15) is 5.82 Å². The van der Waals surface area contributed by atoms with Crippen molar-refractivity contribution in [3.05, 3.63) is 113 Å². The van der Waals surface area contributed by atoms with Gasteiger partial charge in [-0.25, -0.2) is 9.97 Å². The van der Waals surface area contributed by atoms with Crippen LogP contribution >= 0.6 is 0 Å². The molecule has 0 bridgehead atoms. The van der Waals surface area contributed by atoms with Gasteiger partial charge in [0.15, 0.2) is 0 Å². The zero-order valence-corrected chi connectivity index (χ0v) is 19.3. The van der Waals surface area contributed by atoms with Crippen molar-refractivity contribution < 1.29 is 4.79 Å². The van der Waals surface area contributed by atoms with Crippen molar-refractivity contribution in [1.82, 2.24) is 15.0 Å². The van der Waals surface area contributed by atoms with Crippen LogP contribution in [0.2, 0.25) is 0 Å². The quantitative estimate of drug-likeness (QED) is 0.358. The summed E-state index contributed by atoms with van der Waals surface area (Å²) >= 11 is 0. The molecular weight excluding hydrogens is 436 g/mol. The van der Waals surface area contributed by atoms with E-state index in [0.717, 1.165) is 27.9 Å². The van der Waals surface area contributed by atoms with Crippen molar-refractivity contribution >= 4 is 22.6 Å². The van der Waals surface area contributed by atoms with Crippen LogP contribution in [0.3, 0.4) is 0 Å². The van der Waals surface area contributed by atoms with Crippen LogP contribution < -0.4 is 10.5 Å². The van der Waals surface area contributed by atoms with E-state index in [0.29, 0.717) is 29.7 Å². The predicted octanol–water partition coefficient (Wildman–Crippen LogP) is 5.60. The van der Waals surface area contributed by atoms with Gasteiger partial charge >= 0.3 is 0 Å². The number of carbonyl (C=O) groups is 1. The Bertz CT molecular complexity index is 1530. The number of carbonyl (C=O) groups excluding carboxylic acids is 1. The molecule has 0 aliphatic rings. The number of fused-ring (bicyclic) bond motifs is 1. The fraction of sp³-hybridized carbons (Fsp3) is 0.103. The summed E-state index contributed by atoms with van der Waals surface area (Å²) in [6, 6.07) is 27.2. The van der Waals surface area contributed by atoms with Gasteiger partial charge < -0.3 is 4.98 Å². The lowest BCUT2D eigenvalue weighted by atomic mass is 9.97.